The quantitative estimate of drug-likeness (QED) is 0.593. The third kappa shape index (κ3) is 6.03. The Morgan fingerprint density at radius 1 is 1.13 bits per heavy atom. The van der Waals surface area contributed by atoms with Gasteiger partial charge in [0.2, 0.25) is 0 Å². The number of rotatable bonds is 6. The predicted molar refractivity (Wildman–Crippen MR) is 90.9 cm³/mol. The summed E-state index contributed by atoms with van der Waals surface area (Å²) in [6.07, 6.45) is 0. The Morgan fingerprint density at radius 2 is 1.83 bits per heavy atom. The first-order valence-electron chi connectivity index (χ1n) is 6.63. The van der Waals surface area contributed by atoms with Gasteiger partial charge in [0.05, 0.1) is 5.75 Å². The van der Waals surface area contributed by atoms with Crippen LogP contribution < -0.4 is 5.32 Å². The molecule has 0 bridgehead atoms. The van der Waals surface area contributed by atoms with E-state index in [0.717, 1.165) is 16.2 Å². The molecule has 7 heteroatoms. The van der Waals surface area contributed by atoms with E-state index in [1.54, 1.807) is 42.5 Å². The van der Waals surface area contributed by atoms with Crippen LogP contribution in [0.2, 0.25) is 0 Å². The van der Waals surface area contributed by atoms with E-state index in [1.165, 1.54) is 6.07 Å². The van der Waals surface area contributed by atoms with Crippen LogP contribution in [0.5, 0.6) is 0 Å². The molecule has 0 unspecified atom stereocenters. The molecule has 0 fully saturated rings. The molecule has 0 saturated carbocycles. The standard InChI is InChI=1S/C16H13BrFNO3S/c17-11-5-7-12(8-6-11)19-15(20)9-22-16(21)10-23-14-4-2-1-3-13(14)18/h1-8H,9-10H2,(H,19,20). The summed E-state index contributed by atoms with van der Waals surface area (Å²) in [5, 5.41) is 2.60. The van der Waals surface area contributed by atoms with Crippen LogP contribution in [0.4, 0.5) is 10.1 Å². The summed E-state index contributed by atoms with van der Waals surface area (Å²) in [5.74, 6) is -1.47. The van der Waals surface area contributed by atoms with Gasteiger partial charge in [-0.25, -0.2) is 4.39 Å². The SMILES string of the molecule is O=C(COC(=O)CSc1ccccc1F)Nc1ccc(Br)cc1. The fraction of sp³-hybridized carbons (Fsp3) is 0.125. The van der Waals surface area contributed by atoms with Gasteiger partial charge in [0, 0.05) is 15.1 Å². The van der Waals surface area contributed by atoms with Gasteiger partial charge in [-0.2, -0.15) is 0 Å². The van der Waals surface area contributed by atoms with Crippen molar-refractivity contribution in [2.45, 2.75) is 4.90 Å². The summed E-state index contributed by atoms with van der Waals surface area (Å²) >= 11 is 4.32. The molecule has 0 aliphatic heterocycles. The molecule has 1 N–H and O–H groups in total. The molecule has 0 spiro atoms. The normalized spacial score (nSPS) is 10.2. The number of thioether (sulfide) groups is 1. The number of hydrogen-bond acceptors (Lipinski definition) is 4. The highest BCUT2D eigenvalue weighted by atomic mass is 79.9. The van der Waals surface area contributed by atoms with E-state index in [4.69, 9.17) is 4.74 Å². The van der Waals surface area contributed by atoms with Crippen molar-refractivity contribution in [3.8, 4) is 0 Å². The molecule has 2 aromatic carbocycles. The molecular formula is C16H13BrFNO3S. The first kappa shape index (κ1) is 17.5. The maximum atomic E-state index is 13.4. The van der Waals surface area contributed by atoms with Crippen LogP contribution in [0.1, 0.15) is 0 Å². The number of ether oxygens (including phenoxy) is 1. The molecule has 0 atom stereocenters. The molecule has 2 rings (SSSR count). The van der Waals surface area contributed by atoms with E-state index in [1.807, 2.05) is 0 Å². The van der Waals surface area contributed by atoms with Crippen molar-refractivity contribution in [3.05, 3.63) is 58.8 Å². The number of carbonyl (C=O) groups is 2. The second-order valence-corrected chi connectivity index (χ2v) is 6.37. The van der Waals surface area contributed by atoms with Crippen molar-refractivity contribution in [2.24, 2.45) is 0 Å². The highest BCUT2D eigenvalue weighted by Gasteiger charge is 2.10. The summed E-state index contributed by atoms with van der Waals surface area (Å²) in [6, 6.07) is 13.2. The molecule has 1 amide bonds. The third-order valence-electron chi connectivity index (χ3n) is 2.67. The average Bonchev–Trinajstić information content (AvgIpc) is 2.54. The van der Waals surface area contributed by atoms with Crippen molar-refractivity contribution in [1.29, 1.82) is 0 Å². The van der Waals surface area contributed by atoms with E-state index in [-0.39, 0.29) is 12.4 Å². The number of carbonyl (C=O) groups excluding carboxylic acids is 2. The van der Waals surface area contributed by atoms with Crippen molar-refractivity contribution < 1.29 is 18.7 Å². The minimum Gasteiger partial charge on any atom is -0.455 e. The number of nitrogens with one attached hydrogen (secondary N) is 1. The van der Waals surface area contributed by atoms with Crippen LogP contribution in [-0.2, 0) is 14.3 Å². The maximum absolute atomic E-state index is 13.4. The molecule has 0 aromatic heterocycles. The second kappa shape index (κ2) is 8.69. The molecule has 0 radical (unpaired) electrons. The third-order valence-corrected chi connectivity index (χ3v) is 4.23. The van der Waals surface area contributed by atoms with Crippen LogP contribution in [0, 0.1) is 5.82 Å². The molecule has 0 saturated heterocycles. The van der Waals surface area contributed by atoms with Gasteiger partial charge < -0.3 is 10.1 Å². The highest BCUT2D eigenvalue weighted by molar-refractivity contribution is 9.10. The summed E-state index contributed by atoms with van der Waals surface area (Å²) < 4.78 is 19.1. The number of amides is 1. The van der Waals surface area contributed by atoms with E-state index >= 15 is 0 Å². The maximum Gasteiger partial charge on any atom is 0.316 e. The molecule has 2 aromatic rings. The lowest BCUT2D eigenvalue weighted by Crippen LogP contribution is -2.21. The fourth-order valence-electron chi connectivity index (χ4n) is 1.62. The Kier molecular flexibility index (Phi) is 6.61. The largest absolute Gasteiger partial charge is 0.455 e. The number of hydrogen-bond donors (Lipinski definition) is 1. The Bertz CT molecular complexity index is 694. The molecular weight excluding hydrogens is 385 g/mol. The topological polar surface area (TPSA) is 55.4 Å². The first-order valence-corrected chi connectivity index (χ1v) is 8.41. The lowest BCUT2D eigenvalue weighted by Gasteiger charge is -2.07. The minimum absolute atomic E-state index is 0.0630. The summed E-state index contributed by atoms with van der Waals surface area (Å²) in [5.41, 5.74) is 0.606. The summed E-state index contributed by atoms with van der Waals surface area (Å²) in [6.45, 7) is -0.382. The van der Waals surface area contributed by atoms with Gasteiger partial charge in [0.15, 0.2) is 6.61 Å². The first-order chi connectivity index (χ1) is 11.0. The number of benzene rings is 2. The Morgan fingerprint density at radius 3 is 2.52 bits per heavy atom. The average molecular weight is 398 g/mol. The summed E-state index contributed by atoms with van der Waals surface area (Å²) in [4.78, 5) is 23.6. The van der Waals surface area contributed by atoms with Crippen LogP contribution in [-0.4, -0.2) is 24.2 Å². The zero-order valence-corrected chi connectivity index (χ0v) is 14.3. The van der Waals surface area contributed by atoms with Crippen molar-refractivity contribution >= 4 is 45.3 Å². The number of esters is 1. The van der Waals surface area contributed by atoms with E-state index in [9.17, 15) is 14.0 Å². The second-order valence-electron chi connectivity index (χ2n) is 4.43. The van der Waals surface area contributed by atoms with Gasteiger partial charge in [-0.3, -0.25) is 9.59 Å². The number of halogens is 2. The van der Waals surface area contributed by atoms with Gasteiger partial charge in [-0.15, -0.1) is 11.8 Å². The zero-order chi connectivity index (χ0) is 16.7. The van der Waals surface area contributed by atoms with Gasteiger partial charge in [0.1, 0.15) is 5.82 Å². The zero-order valence-electron chi connectivity index (χ0n) is 11.9. The highest BCUT2D eigenvalue weighted by Crippen LogP contribution is 2.21. The summed E-state index contributed by atoms with van der Waals surface area (Å²) in [7, 11) is 0. The van der Waals surface area contributed by atoms with Crippen molar-refractivity contribution in [1.82, 2.24) is 0 Å². The Labute approximate surface area is 145 Å². The fourth-order valence-corrected chi connectivity index (χ4v) is 2.62. The monoisotopic (exact) mass is 397 g/mol. The van der Waals surface area contributed by atoms with Crippen molar-refractivity contribution in [3.63, 3.8) is 0 Å². The molecule has 120 valence electrons. The van der Waals surface area contributed by atoms with Crippen LogP contribution in [0.15, 0.2) is 57.9 Å². The van der Waals surface area contributed by atoms with Crippen LogP contribution in [0.3, 0.4) is 0 Å². The smallest absolute Gasteiger partial charge is 0.316 e. The van der Waals surface area contributed by atoms with Gasteiger partial charge in [-0.05, 0) is 36.4 Å². The molecule has 0 aliphatic carbocycles. The van der Waals surface area contributed by atoms with Gasteiger partial charge in [-0.1, -0.05) is 28.1 Å². The molecule has 0 heterocycles. The minimum atomic E-state index is -0.579. The van der Waals surface area contributed by atoms with Crippen molar-refractivity contribution in [2.75, 3.05) is 17.7 Å². The lowest BCUT2D eigenvalue weighted by molar-refractivity contribution is -0.144. The predicted octanol–water partition coefficient (Wildman–Crippen LogP) is 3.86. The number of anilines is 1. The molecule has 23 heavy (non-hydrogen) atoms. The Balaban J connectivity index is 1.72. The molecule has 0 aliphatic rings. The van der Waals surface area contributed by atoms with E-state index in [0.29, 0.717) is 10.6 Å². The van der Waals surface area contributed by atoms with Gasteiger partial charge >= 0.3 is 5.97 Å². The van der Waals surface area contributed by atoms with Gasteiger partial charge in [0.25, 0.3) is 5.91 Å². The lowest BCUT2D eigenvalue weighted by atomic mass is 10.3. The molecule has 4 nitrogen and oxygen atoms in total. The van der Waals surface area contributed by atoms with E-state index < -0.39 is 17.7 Å². The van der Waals surface area contributed by atoms with Crippen LogP contribution in [0.25, 0.3) is 0 Å². The van der Waals surface area contributed by atoms with E-state index in [2.05, 4.69) is 21.2 Å². The Hall–Kier alpha value is -1.86. The van der Waals surface area contributed by atoms with Crippen LogP contribution >= 0.6 is 27.7 Å².